The van der Waals surface area contributed by atoms with Crippen LogP contribution in [-0.4, -0.2) is 15.2 Å². The van der Waals surface area contributed by atoms with E-state index in [1.807, 2.05) is 6.92 Å². The molecular formula is C8H13NSi. The van der Waals surface area contributed by atoms with Gasteiger partial charge in [-0.3, -0.25) is 4.98 Å². The van der Waals surface area contributed by atoms with E-state index in [0.29, 0.717) is 0 Å². The van der Waals surface area contributed by atoms with Gasteiger partial charge in [-0.2, -0.15) is 0 Å². The van der Waals surface area contributed by atoms with Crippen LogP contribution >= 0.6 is 0 Å². The molecule has 0 bridgehead atoms. The second kappa shape index (κ2) is 2.54. The molecule has 0 aliphatic rings. The number of pyridine rings is 1. The summed E-state index contributed by atoms with van der Waals surface area (Å²) in [6, 6.07) is 2.15. The summed E-state index contributed by atoms with van der Waals surface area (Å²) in [6.07, 6.45) is 0. The van der Waals surface area contributed by atoms with Crippen molar-refractivity contribution in [1.82, 2.24) is 4.98 Å². The van der Waals surface area contributed by atoms with Crippen LogP contribution in [0.1, 0.15) is 17.0 Å². The molecule has 0 unspecified atom stereocenters. The van der Waals surface area contributed by atoms with Gasteiger partial charge in [0.05, 0.1) is 0 Å². The van der Waals surface area contributed by atoms with E-state index in [9.17, 15) is 0 Å². The first-order valence-corrected chi connectivity index (χ1v) is 4.52. The van der Waals surface area contributed by atoms with Gasteiger partial charge in [-0.05, 0) is 37.6 Å². The lowest BCUT2D eigenvalue weighted by molar-refractivity contribution is 1.12. The van der Waals surface area contributed by atoms with Gasteiger partial charge in [0.1, 0.15) is 0 Å². The van der Waals surface area contributed by atoms with E-state index >= 15 is 0 Å². The van der Waals surface area contributed by atoms with Crippen LogP contribution in [0.4, 0.5) is 0 Å². The Balaban J connectivity index is 3.31. The number of aromatic nitrogens is 1. The molecule has 0 saturated carbocycles. The van der Waals surface area contributed by atoms with Crippen LogP contribution in [0.25, 0.3) is 0 Å². The van der Waals surface area contributed by atoms with Crippen molar-refractivity contribution in [3.05, 3.63) is 23.0 Å². The van der Waals surface area contributed by atoms with Crippen molar-refractivity contribution in [2.45, 2.75) is 20.8 Å². The van der Waals surface area contributed by atoms with Crippen molar-refractivity contribution < 1.29 is 0 Å². The summed E-state index contributed by atoms with van der Waals surface area (Å²) in [6.45, 7) is 6.29. The van der Waals surface area contributed by atoms with E-state index in [1.54, 1.807) is 0 Å². The lowest BCUT2D eigenvalue weighted by Crippen LogP contribution is -2.14. The molecule has 10 heavy (non-hydrogen) atoms. The average molecular weight is 151 g/mol. The Bertz CT molecular complexity index is 232. The van der Waals surface area contributed by atoms with Gasteiger partial charge in [0, 0.05) is 21.6 Å². The van der Waals surface area contributed by atoms with Gasteiger partial charge in [0.15, 0.2) is 0 Å². The first-order chi connectivity index (χ1) is 4.61. The van der Waals surface area contributed by atoms with Crippen LogP contribution in [0.2, 0.25) is 0 Å². The molecule has 0 aliphatic carbocycles. The van der Waals surface area contributed by atoms with E-state index < -0.39 is 0 Å². The minimum atomic E-state index is 1.11. The standard InChI is InChI=1S/C8H13NSi/c1-5-4-6(2)9-7(3)8(5)10/h4H,1-3,10H3. The summed E-state index contributed by atoms with van der Waals surface area (Å²) in [5, 5.41) is 1.45. The lowest BCUT2D eigenvalue weighted by Gasteiger charge is -2.03. The minimum Gasteiger partial charge on any atom is -0.259 e. The maximum absolute atomic E-state index is 4.37. The molecule has 0 atom stereocenters. The third-order valence-corrected chi connectivity index (χ3v) is 3.42. The first kappa shape index (κ1) is 7.47. The highest BCUT2D eigenvalue weighted by atomic mass is 28.1. The third kappa shape index (κ3) is 1.26. The second-order valence-electron chi connectivity index (χ2n) is 2.79. The third-order valence-electron chi connectivity index (χ3n) is 1.90. The summed E-state index contributed by atoms with van der Waals surface area (Å²) < 4.78 is 0. The maximum Gasteiger partial charge on any atom is 0.0412 e. The summed E-state index contributed by atoms with van der Waals surface area (Å²) >= 11 is 0. The van der Waals surface area contributed by atoms with Gasteiger partial charge in [-0.25, -0.2) is 0 Å². The Hall–Kier alpha value is -0.633. The van der Waals surface area contributed by atoms with Gasteiger partial charge < -0.3 is 0 Å². The van der Waals surface area contributed by atoms with E-state index in [2.05, 4.69) is 24.9 Å². The molecule has 1 rings (SSSR count). The molecule has 0 spiro atoms. The van der Waals surface area contributed by atoms with Crippen molar-refractivity contribution >= 4 is 15.4 Å². The van der Waals surface area contributed by atoms with E-state index in [0.717, 1.165) is 15.9 Å². The number of nitrogens with zero attached hydrogens (tertiary/aromatic N) is 1. The zero-order valence-corrected chi connectivity index (χ0v) is 9.02. The molecule has 54 valence electrons. The minimum absolute atomic E-state index is 1.11. The Kier molecular flexibility index (Phi) is 1.90. The Morgan fingerprint density at radius 3 is 2.40 bits per heavy atom. The molecule has 0 N–H and O–H groups in total. The zero-order valence-electron chi connectivity index (χ0n) is 7.02. The first-order valence-electron chi connectivity index (χ1n) is 3.52. The van der Waals surface area contributed by atoms with Crippen molar-refractivity contribution in [3.63, 3.8) is 0 Å². The molecule has 0 saturated heterocycles. The van der Waals surface area contributed by atoms with Crippen LogP contribution in [0, 0.1) is 20.8 Å². The summed E-state index contributed by atoms with van der Waals surface area (Å²) in [5.74, 6) is 0. The normalized spacial score (nSPS) is 10.3. The predicted octanol–water partition coefficient (Wildman–Crippen LogP) is -0.00244. The molecule has 1 heterocycles. The van der Waals surface area contributed by atoms with E-state index in [1.165, 1.54) is 16.4 Å². The molecule has 2 heteroatoms. The average Bonchev–Trinajstić information content (AvgIpc) is 1.82. The van der Waals surface area contributed by atoms with Gasteiger partial charge in [0.25, 0.3) is 0 Å². The summed E-state index contributed by atoms with van der Waals surface area (Å²) in [7, 11) is 1.11. The largest absolute Gasteiger partial charge is 0.259 e. The lowest BCUT2D eigenvalue weighted by atomic mass is 10.2. The fourth-order valence-corrected chi connectivity index (χ4v) is 1.34. The molecule has 1 aromatic heterocycles. The van der Waals surface area contributed by atoms with Crippen LogP contribution in [0.5, 0.6) is 0 Å². The fourth-order valence-electron chi connectivity index (χ4n) is 1.09. The summed E-state index contributed by atoms with van der Waals surface area (Å²) in [4.78, 5) is 4.37. The maximum atomic E-state index is 4.37. The number of rotatable bonds is 0. The molecule has 0 aliphatic heterocycles. The summed E-state index contributed by atoms with van der Waals surface area (Å²) in [5.41, 5.74) is 3.75. The molecule has 1 aromatic rings. The van der Waals surface area contributed by atoms with Gasteiger partial charge >= 0.3 is 0 Å². The monoisotopic (exact) mass is 151 g/mol. The number of hydrogen-bond acceptors (Lipinski definition) is 1. The van der Waals surface area contributed by atoms with Crippen LogP contribution < -0.4 is 5.19 Å². The fraction of sp³-hybridized carbons (Fsp3) is 0.375. The SMILES string of the molecule is Cc1cc(C)c([SiH3])c(C)n1. The van der Waals surface area contributed by atoms with Crippen LogP contribution in [-0.2, 0) is 0 Å². The van der Waals surface area contributed by atoms with Gasteiger partial charge in [0.2, 0.25) is 0 Å². The highest BCUT2D eigenvalue weighted by Gasteiger charge is 1.97. The Morgan fingerprint density at radius 2 is 1.90 bits per heavy atom. The molecule has 1 nitrogen and oxygen atoms in total. The Morgan fingerprint density at radius 1 is 1.30 bits per heavy atom. The molecular weight excluding hydrogens is 138 g/mol. The molecule has 0 aromatic carbocycles. The highest BCUT2D eigenvalue weighted by molar-refractivity contribution is 6.34. The molecule has 0 fully saturated rings. The smallest absolute Gasteiger partial charge is 0.0412 e. The van der Waals surface area contributed by atoms with Crippen molar-refractivity contribution in [3.8, 4) is 0 Å². The van der Waals surface area contributed by atoms with Gasteiger partial charge in [-0.1, -0.05) is 0 Å². The highest BCUT2D eigenvalue weighted by Crippen LogP contribution is 1.98. The van der Waals surface area contributed by atoms with Crippen molar-refractivity contribution in [2.24, 2.45) is 0 Å². The number of aryl methyl sites for hydroxylation is 3. The molecule has 0 amide bonds. The topological polar surface area (TPSA) is 12.9 Å². The zero-order chi connectivity index (χ0) is 7.72. The quantitative estimate of drug-likeness (QED) is 0.476. The Labute approximate surface area is 64.9 Å². The van der Waals surface area contributed by atoms with Crippen molar-refractivity contribution in [1.29, 1.82) is 0 Å². The second-order valence-corrected chi connectivity index (χ2v) is 3.79. The van der Waals surface area contributed by atoms with Crippen LogP contribution in [0.3, 0.4) is 0 Å². The van der Waals surface area contributed by atoms with E-state index in [4.69, 9.17) is 0 Å². The molecule has 0 radical (unpaired) electrons. The number of hydrogen-bond donors (Lipinski definition) is 0. The predicted molar refractivity (Wildman–Crippen MR) is 48.0 cm³/mol. The van der Waals surface area contributed by atoms with E-state index in [-0.39, 0.29) is 0 Å². The van der Waals surface area contributed by atoms with Crippen LogP contribution in [0.15, 0.2) is 6.07 Å². The van der Waals surface area contributed by atoms with Gasteiger partial charge in [-0.15, -0.1) is 0 Å². The van der Waals surface area contributed by atoms with Crippen molar-refractivity contribution in [2.75, 3.05) is 0 Å².